The van der Waals surface area contributed by atoms with Crippen LogP contribution in [-0.4, -0.2) is 27.7 Å². The Morgan fingerprint density at radius 1 is 1.65 bits per heavy atom. The van der Waals surface area contributed by atoms with Crippen molar-refractivity contribution in [2.24, 2.45) is 0 Å². The summed E-state index contributed by atoms with van der Waals surface area (Å²) in [7, 11) is 0. The minimum atomic E-state index is -0.115. The van der Waals surface area contributed by atoms with E-state index in [0.717, 1.165) is 24.2 Å². The molecule has 0 aromatic carbocycles. The van der Waals surface area contributed by atoms with Crippen LogP contribution in [0.2, 0.25) is 5.02 Å². The van der Waals surface area contributed by atoms with Crippen LogP contribution in [0.3, 0.4) is 0 Å². The number of H-pyrrole nitrogens is 1. The van der Waals surface area contributed by atoms with E-state index in [-0.39, 0.29) is 5.54 Å². The molecule has 1 N–H and O–H groups in total. The molecule has 0 aliphatic carbocycles. The highest BCUT2D eigenvalue weighted by Gasteiger charge is 2.34. The van der Waals surface area contributed by atoms with Crippen molar-refractivity contribution in [2.45, 2.75) is 18.9 Å². The number of ether oxygens (including phenoxy) is 1. The van der Waals surface area contributed by atoms with E-state index in [0.29, 0.717) is 16.4 Å². The fraction of sp³-hybridized carbons (Fsp3) is 0.455. The second-order valence-electron chi connectivity index (χ2n) is 4.59. The Morgan fingerprint density at radius 2 is 2.47 bits per heavy atom. The third kappa shape index (κ3) is 1.69. The molecule has 6 heteroatoms. The maximum atomic E-state index is 5.92. The van der Waals surface area contributed by atoms with Crippen molar-refractivity contribution >= 4 is 35.0 Å². The number of aromatic amines is 1. The zero-order valence-corrected chi connectivity index (χ0v) is 10.9. The van der Waals surface area contributed by atoms with Crippen molar-refractivity contribution in [3.63, 3.8) is 0 Å². The number of nitrogens with zero attached hydrogens (tertiary/aromatic N) is 2. The fourth-order valence-corrected chi connectivity index (χ4v) is 2.88. The lowest BCUT2D eigenvalue weighted by Gasteiger charge is -2.24. The number of halogens is 1. The predicted octanol–water partition coefficient (Wildman–Crippen LogP) is 2.88. The molecule has 0 saturated carbocycles. The number of imidazole rings is 1. The summed E-state index contributed by atoms with van der Waals surface area (Å²) in [6.07, 6.45) is 2.58. The van der Waals surface area contributed by atoms with Gasteiger partial charge >= 0.3 is 0 Å². The number of nitrogens with one attached hydrogen (secondary N) is 1. The summed E-state index contributed by atoms with van der Waals surface area (Å²) in [5, 5.41) is 0.605. The van der Waals surface area contributed by atoms with Crippen LogP contribution in [0.1, 0.15) is 13.3 Å². The molecule has 0 spiro atoms. The summed E-state index contributed by atoms with van der Waals surface area (Å²) in [5.74, 6) is 0. The highest BCUT2D eigenvalue weighted by atomic mass is 35.5. The summed E-state index contributed by atoms with van der Waals surface area (Å²) < 4.78 is 8.19. The van der Waals surface area contributed by atoms with Gasteiger partial charge in [0.05, 0.1) is 22.7 Å². The Kier molecular flexibility index (Phi) is 2.50. The van der Waals surface area contributed by atoms with Gasteiger partial charge in [-0.05, 0) is 31.6 Å². The van der Waals surface area contributed by atoms with Crippen LogP contribution < -0.4 is 0 Å². The molecule has 2 aromatic rings. The Bertz CT molecular complexity index is 627. The van der Waals surface area contributed by atoms with Gasteiger partial charge in [0.2, 0.25) is 0 Å². The lowest BCUT2D eigenvalue weighted by atomic mass is 10.0. The summed E-state index contributed by atoms with van der Waals surface area (Å²) in [4.78, 5) is 7.51. The summed E-state index contributed by atoms with van der Waals surface area (Å²) in [6, 6.07) is 1.84. The third-order valence-corrected chi connectivity index (χ3v) is 3.72. The zero-order valence-electron chi connectivity index (χ0n) is 9.36. The van der Waals surface area contributed by atoms with E-state index in [4.69, 9.17) is 28.6 Å². The van der Waals surface area contributed by atoms with Crippen LogP contribution >= 0.6 is 23.8 Å². The molecule has 0 bridgehead atoms. The minimum absolute atomic E-state index is 0.115. The number of hydrogen-bond donors (Lipinski definition) is 1. The second-order valence-corrected chi connectivity index (χ2v) is 5.41. The van der Waals surface area contributed by atoms with Gasteiger partial charge in [-0.15, -0.1) is 0 Å². The molecule has 90 valence electrons. The summed E-state index contributed by atoms with van der Waals surface area (Å²) in [6.45, 7) is 3.57. The van der Waals surface area contributed by atoms with Crippen LogP contribution in [0.5, 0.6) is 0 Å². The molecular formula is C11H12ClN3OS. The van der Waals surface area contributed by atoms with E-state index in [1.54, 1.807) is 6.20 Å². The molecule has 0 radical (unpaired) electrons. The summed E-state index contributed by atoms with van der Waals surface area (Å²) >= 11 is 11.3. The normalized spacial score (nSPS) is 24.6. The largest absolute Gasteiger partial charge is 0.379 e. The Labute approximate surface area is 109 Å². The first kappa shape index (κ1) is 11.2. The van der Waals surface area contributed by atoms with Crippen molar-refractivity contribution in [1.29, 1.82) is 0 Å². The van der Waals surface area contributed by atoms with E-state index in [1.165, 1.54) is 0 Å². The molecule has 1 atom stereocenters. The first-order valence-corrected chi connectivity index (χ1v) is 6.23. The quantitative estimate of drug-likeness (QED) is 0.810. The van der Waals surface area contributed by atoms with Crippen LogP contribution in [0, 0.1) is 4.77 Å². The standard InChI is InChI=1S/C11H12ClN3OS/c1-11(2-3-16-6-11)15-9-8(14-10(15)17)4-7(12)5-13-9/h4-5H,2-3,6H2,1H3,(H,14,17). The Balaban J connectivity index is 2.29. The SMILES string of the molecule is CC1(n2c(=S)[nH]c3cc(Cl)cnc32)CCOC1. The van der Waals surface area contributed by atoms with Crippen LogP contribution in [0.25, 0.3) is 11.2 Å². The van der Waals surface area contributed by atoms with Crippen LogP contribution in [0.4, 0.5) is 0 Å². The first-order chi connectivity index (χ1) is 8.10. The predicted molar refractivity (Wildman–Crippen MR) is 69.0 cm³/mol. The van der Waals surface area contributed by atoms with Gasteiger partial charge in [-0.25, -0.2) is 4.98 Å². The van der Waals surface area contributed by atoms with Crippen molar-refractivity contribution in [2.75, 3.05) is 13.2 Å². The van der Waals surface area contributed by atoms with Gasteiger partial charge in [0.25, 0.3) is 0 Å². The molecule has 17 heavy (non-hydrogen) atoms. The first-order valence-electron chi connectivity index (χ1n) is 5.45. The van der Waals surface area contributed by atoms with Crippen molar-refractivity contribution in [3.05, 3.63) is 22.1 Å². The highest BCUT2D eigenvalue weighted by molar-refractivity contribution is 7.71. The molecular weight excluding hydrogens is 258 g/mol. The molecule has 1 unspecified atom stereocenters. The molecule has 0 amide bonds. The molecule has 1 aliphatic rings. The summed E-state index contributed by atoms with van der Waals surface area (Å²) in [5.41, 5.74) is 1.60. The molecule has 2 aromatic heterocycles. The van der Waals surface area contributed by atoms with Crippen molar-refractivity contribution in [1.82, 2.24) is 14.5 Å². The third-order valence-electron chi connectivity index (χ3n) is 3.23. The molecule has 1 aliphatic heterocycles. The molecule has 3 heterocycles. The monoisotopic (exact) mass is 269 g/mol. The lowest BCUT2D eigenvalue weighted by Crippen LogP contribution is -2.30. The Morgan fingerprint density at radius 3 is 3.18 bits per heavy atom. The van der Waals surface area contributed by atoms with Crippen LogP contribution in [-0.2, 0) is 10.3 Å². The van der Waals surface area contributed by atoms with Gasteiger partial charge in [0, 0.05) is 12.8 Å². The smallest absolute Gasteiger partial charge is 0.179 e. The highest BCUT2D eigenvalue weighted by Crippen LogP contribution is 2.30. The van der Waals surface area contributed by atoms with Gasteiger partial charge in [0.15, 0.2) is 10.4 Å². The molecule has 3 rings (SSSR count). The van der Waals surface area contributed by atoms with Gasteiger partial charge in [-0.2, -0.15) is 0 Å². The number of hydrogen-bond acceptors (Lipinski definition) is 3. The van der Waals surface area contributed by atoms with Crippen molar-refractivity contribution in [3.8, 4) is 0 Å². The number of pyridine rings is 1. The maximum Gasteiger partial charge on any atom is 0.179 e. The minimum Gasteiger partial charge on any atom is -0.379 e. The van der Waals surface area contributed by atoms with E-state index in [2.05, 4.69) is 16.9 Å². The Hall–Kier alpha value is -0.910. The lowest BCUT2D eigenvalue weighted by molar-refractivity contribution is 0.162. The molecule has 4 nitrogen and oxygen atoms in total. The van der Waals surface area contributed by atoms with E-state index >= 15 is 0 Å². The number of rotatable bonds is 1. The van der Waals surface area contributed by atoms with Gasteiger partial charge in [-0.3, -0.25) is 4.57 Å². The molecule has 1 saturated heterocycles. The molecule has 1 fully saturated rings. The van der Waals surface area contributed by atoms with Crippen molar-refractivity contribution < 1.29 is 4.74 Å². The average Bonchev–Trinajstić information content (AvgIpc) is 2.81. The van der Waals surface area contributed by atoms with Gasteiger partial charge < -0.3 is 9.72 Å². The van der Waals surface area contributed by atoms with E-state index in [1.807, 2.05) is 10.6 Å². The zero-order chi connectivity index (χ0) is 12.0. The van der Waals surface area contributed by atoms with Gasteiger partial charge in [0.1, 0.15) is 0 Å². The second kappa shape index (κ2) is 3.80. The van der Waals surface area contributed by atoms with Gasteiger partial charge in [-0.1, -0.05) is 11.6 Å². The number of aromatic nitrogens is 3. The topological polar surface area (TPSA) is 42.8 Å². The maximum absolute atomic E-state index is 5.92. The van der Waals surface area contributed by atoms with E-state index in [9.17, 15) is 0 Å². The average molecular weight is 270 g/mol. The van der Waals surface area contributed by atoms with E-state index < -0.39 is 0 Å². The number of fused-ring (bicyclic) bond motifs is 1. The fourth-order valence-electron chi connectivity index (χ4n) is 2.30. The van der Waals surface area contributed by atoms with Crippen LogP contribution in [0.15, 0.2) is 12.3 Å².